The van der Waals surface area contributed by atoms with E-state index in [-0.39, 0.29) is 18.1 Å². The maximum Gasteiger partial charge on any atom is 0.377 e. The Kier molecular flexibility index (Phi) is 8.89. The van der Waals surface area contributed by atoms with E-state index in [1.54, 1.807) is 6.92 Å². The summed E-state index contributed by atoms with van der Waals surface area (Å²) in [5.74, 6) is -1.59. The monoisotopic (exact) mass is 440 g/mol. The molecule has 2 rings (SSSR count). The van der Waals surface area contributed by atoms with Crippen LogP contribution in [0.4, 0.5) is 0 Å². The van der Waals surface area contributed by atoms with Crippen LogP contribution in [-0.4, -0.2) is 39.1 Å². The molecule has 1 unspecified atom stereocenters. The Hall–Kier alpha value is -2.57. The zero-order chi connectivity index (χ0) is 22.9. The van der Waals surface area contributed by atoms with Gasteiger partial charge in [0.1, 0.15) is 12.4 Å². The van der Waals surface area contributed by atoms with Gasteiger partial charge in [-0.05, 0) is 35.2 Å². The fourth-order valence-electron chi connectivity index (χ4n) is 3.87. The molecule has 5 nitrogen and oxygen atoms in total. The van der Waals surface area contributed by atoms with Gasteiger partial charge in [0.25, 0.3) is 14.1 Å². The van der Waals surface area contributed by atoms with Crippen LogP contribution in [0.25, 0.3) is 0 Å². The molecule has 0 aliphatic rings. The molecule has 0 fully saturated rings. The Morgan fingerprint density at radius 2 is 1.48 bits per heavy atom. The highest BCUT2D eigenvalue weighted by Crippen LogP contribution is 2.38. The van der Waals surface area contributed by atoms with Crippen LogP contribution in [0, 0.1) is 0 Å². The Labute approximate surface area is 185 Å². The summed E-state index contributed by atoms with van der Waals surface area (Å²) in [6.45, 7) is 8.10. The van der Waals surface area contributed by atoms with Gasteiger partial charge in [0.15, 0.2) is 0 Å². The smallest absolute Gasteiger partial charge is 0.377 e. The van der Waals surface area contributed by atoms with Gasteiger partial charge < -0.3 is 14.0 Å². The number of Topliss-reactive ketones (excluding diaryl/α,β-unsaturated/α-hetero) is 1. The van der Waals surface area contributed by atoms with E-state index in [4.69, 9.17) is 9.16 Å². The lowest BCUT2D eigenvalue weighted by Gasteiger charge is -2.44. The molecule has 0 N–H and O–H groups in total. The minimum atomic E-state index is -3.02. The third-order valence-corrected chi connectivity index (χ3v) is 10.3. The van der Waals surface area contributed by atoms with Crippen LogP contribution in [0.3, 0.4) is 0 Å². The molecule has 166 valence electrons. The minimum Gasteiger partial charge on any atom is -0.460 e. The van der Waals surface area contributed by atoms with Gasteiger partial charge in [-0.15, -0.1) is 0 Å². The van der Waals surface area contributed by atoms with Crippen molar-refractivity contribution in [3.8, 4) is 0 Å². The molecule has 0 saturated heterocycles. The lowest BCUT2D eigenvalue weighted by atomic mass is 10.1. The van der Waals surface area contributed by atoms with E-state index < -0.39 is 26.2 Å². The van der Waals surface area contributed by atoms with Gasteiger partial charge in [0, 0.05) is 6.42 Å². The summed E-state index contributed by atoms with van der Waals surface area (Å²) in [4.78, 5) is 36.2. The van der Waals surface area contributed by atoms with Crippen LogP contribution in [0.5, 0.6) is 0 Å². The summed E-state index contributed by atoms with van der Waals surface area (Å²) in [5.41, 5.74) is 0. The van der Waals surface area contributed by atoms with E-state index in [0.29, 0.717) is 12.8 Å². The maximum absolute atomic E-state index is 13.0. The molecule has 0 aliphatic heterocycles. The van der Waals surface area contributed by atoms with E-state index in [2.05, 4.69) is 20.8 Å². The molecule has 0 heterocycles. The number of unbranched alkanes of at least 4 members (excludes halogenated alkanes) is 1. The molecule has 1 atom stereocenters. The first-order chi connectivity index (χ1) is 14.8. The van der Waals surface area contributed by atoms with Crippen LogP contribution < -0.4 is 10.4 Å². The molecule has 0 aliphatic carbocycles. The second kappa shape index (κ2) is 11.2. The number of aldehydes is 1. The first-order valence-electron chi connectivity index (χ1n) is 10.7. The third kappa shape index (κ3) is 5.77. The Bertz CT molecular complexity index is 819. The maximum atomic E-state index is 13.0. The molecule has 0 radical (unpaired) electrons. The van der Waals surface area contributed by atoms with E-state index in [1.807, 2.05) is 60.7 Å². The Morgan fingerprint density at radius 3 is 1.90 bits per heavy atom. The highest BCUT2D eigenvalue weighted by molar-refractivity contribution is 6.99. The van der Waals surface area contributed by atoms with Gasteiger partial charge in [-0.2, -0.15) is 0 Å². The van der Waals surface area contributed by atoms with Crippen molar-refractivity contribution >= 4 is 36.7 Å². The molecule has 31 heavy (non-hydrogen) atoms. The second-order valence-corrected chi connectivity index (χ2v) is 12.7. The molecule has 0 amide bonds. The first-order valence-corrected chi connectivity index (χ1v) is 12.6. The molecule has 0 bridgehead atoms. The molecule has 0 saturated carbocycles. The van der Waals surface area contributed by atoms with E-state index in [9.17, 15) is 14.4 Å². The molecular formula is C25H32O5Si. The lowest BCUT2D eigenvalue weighted by molar-refractivity contribution is -0.157. The predicted molar refractivity (Wildman–Crippen MR) is 124 cm³/mol. The van der Waals surface area contributed by atoms with E-state index >= 15 is 0 Å². The fourth-order valence-corrected chi connectivity index (χ4v) is 8.53. The molecule has 6 heteroatoms. The normalized spacial score (nSPS) is 12.8. The predicted octanol–water partition coefficient (Wildman–Crippen LogP) is 3.43. The number of hydrogen-bond acceptors (Lipinski definition) is 5. The number of benzene rings is 2. The summed E-state index contributed by atoms with van der Waals surface area (Å²) in [5, 5.41) is 1.70. The SMILES string of the molecule is CCOC(=O)C(=O)C(CCCC=O)O[Si](c1ccccc1)(c1ccccc1)C(C)(C)C. The quantitative estimate of drug-likeness (QED) is 0.176. The zero-order valence-corrected chi connectivity index (χ0v) is 19.8. The van der Waals surface area contributed by atoms with Crippen LogP contribution >= 0.6 is 0 Å². The van der Waals surface area contributed by atoms with E-state index in [0.717, 1.165) is 16.7 Å². The van der Waals surface area contributed by atoms with Crippen LogP contribution in [-0.2, 0) is 23.5 Å². The minimum absolute atomic E-state index is 0.116. The zero-order valence-electron chi connectivity index (χ0n) is 18.8. The van der Waals surface area contributed by atoms with Crippen molar-refractivity contribution in [3.63, 3.8) is 0 Å². The van der Waals surface area contributed by atoms with Crippen molar-refractivity contribution in [2.75, 3.05) is 6.61 Å². The first kappa shape index (κ1) is 24.7. The second-order valence-electron chi connectivity index (χ2n) is 8.45. The number of hydrogen-bond donors (Lipinski definition) is 0. The molecule has 0 aromatic heterocycles. The van der Waals surface area contributed by atoms with Gasteiger partial charge in [-0.3, -0.25) is 4.79 Å². The number of esters is 1. The van der Waals surface area contributed by atoms with Crippen LogP contribution in [0.15, 0.2) is 60.7 Å². The van der Waals surface area contributed by atoms with Gasteiger partial charge in [-0.1, -0.05) is 81.4 Å². The van der Waals surface area contributed by atoms with Gasteiger partial charge in [-0.25, -0.2) is 4.79 Å². The molecule has 2 aromatic rings. The van der Waals surface area contributed by atoms with Gasteiger partial charge >= 0.3 is 5.97 Å². The highest BCUT2D eigenvalue weighted by Gasteiger charge is 2.52. The number of carbonyl (C=O) groups is 3. The summed E-state index contributed by atoms with van der Waals surface area (Å²) in [6.07, 6.45) is 0.870. The fraction of sp³-hybridized carbons (Fsp3) is 0.400. The molecule has 2 aromatic carbocycles. The topological polar surface area (TPSA) is 69.7 Å². The number of carbonyl (C=O) groups excluding carboxylic acids is 3. The Morgan fingerprint density at radius 1 is 0.968 bits per heavy atom. The number of rotatable bonds is 11. The number of ketones is 1. The largest absolute Gasteiger partial charge is 0.460 e. The average molecular weight is 441 g/mol. The van der Waals surface area contributed by atoms with Crippen molar-refractivity contribution in [2.45, 2.75) is 58.1 Å². The van der Waals surface area contributed by atoms with Gasteiger partial charge in [0.2, 0.25) is 0 Å². The Balaban J connectivity index is 2.63. The van der Waals surface area contributed by atoms with Crippen molar-refractivity contribution in [2.24, 2.45) is 0 Å². The van der Waals surface area contributed by atoms with Crippen molar-refractivity contribution in [1.29, 1.82) is 0 Å². The highest BCUT2D eigenvalue weighted by atomic mass is 28.4. The van der Waals surface area contributed by atoms with Crippen molar-refractivity contribution in [1.82, 2.24) is 0 Å². The van der Waals surface area contributed by atoms with Gasteiger partial charge in [0.05, 0.1) is 6.61 Å². The molecule has 0 spiro atoms. The summed E-state index contributed by atoms with van der Waals surface area (Å²) < 4.78 is 11.8. The van der Waals surface area contributed by atoms with E-state index in [1.165, 1.54) is 0 Å². The average Bonchev–Trinajstić information content (AvgIpc) is 2.76. The molecular weight excluding hydrogens is 408 g/mol. The summed E-state index contributed by atoms with van der Waals surface area (Å²) in [7, 11) is -3.02. The summed E-state index contributed by atoms with van der Waals surface area (Å²) >= 11 is 0. The summed E-state index contributed by atoms with van der Waals surface area (Å²) in [6, 6.07) is 19.9. The standard InChI is InChI=1S/C25H32O5Si/c1-5-29-24(28)23(27)22(18-12-13-19-26)30-31(25(2,3)4,20-14-8-6-9-15-20)21-16-10-7-11-17-21/h6-11,14-17,19,22H,5,12-13,18H2,1-4H3. The van der Waals surface area contributed by atoms with Crippen LogP contribution in [0.2, 0.25) is 5.04 Å². The number of ether oxygens (including phenoxy) is 1. The van der Waals surface area contributed by atoms with Crippen molar-refractivity contribution in [3.05, 3.63) is 60.7 Å². The van der Waals surface area contributed by atoms with Crippen LogP contribution in [0.1, 0.15) is 47.0 Å². The van der Waals surface area contributed by atoms with Crippen molar-refractivity contribution < 1.29 is 23.5 Å². The third-order valence-electron chi connectivity index (χ3n) is 5.29. The lowest BCUT2D eigenvalue weighted by Crippen LogP contribution is -2.68.